The van der Waals surface area contributed by atoms with Crippen molar-refractivity contribution in [3.63, 3.8) is 0 Å². The smallest absolute Gasteiger partial charge is 0.0480 e. The third kappa shape index (κ3) is 3.21. The summed E-state index contributed by atoms with van der Waals surface area (Å²) in [7, 11) is 0. The van der Waals surface area contributed by atoms with Gasteiger partial charge in [0.05, 0.1) is 0 Å². The van der Waals surface area contributed by atoms with Crippen LogP contribution in [0.3, 0.4) is 0 Å². The quantitative estimate of drug-likeness (QED) is 0.780. The molecular weight excluding hydrogens is 198 g/mol. The van der Waals surface area contributed by atoms with Crippen LogP contribution in [0.1, 0.15) is 52.9 Å². The lowest BCUT2D eigenvalue weighted by atomic mass is 9.70. The minimum absolute atomic E-state index is 0.563. The van der Waals surface area contributed by atoms with E-state index in [1.165, 1.54) is 32.1 Å². The highest BCUT2D eigenvalue weighted by Gasteiger charge is 2.33. The predicted molar refractivity (Wildman–Crippen MR) is 67.6 cm³/mol. The zero-order valence-electron chi connectivity index (χ0n) is 11.1. The third-order valence-electron chi connectivity index (χ3n) is 4.36. The van der Waals surface area contributed by atoms with E-state index in [1.807, 2.05) is 0 Å². The van der Waals surface area contributed by atoms with E-state index in [0.717, 1.165) is 25.2 Å². The number of rotatable bonds is 2. The number of nitrogens with one attached hydrogen (secondary N) is 1. The lowest BCUT2D eigenvalue weighted by Gasteiger charge is -2.41. The summed E-state index contributed by atoms with van der Waals surface area (Å²) in [6.45, 7) is 9.13. The first-order valence-corrected chi connectivity index (χ1v) is 6.91. The lowest BCUT2D eigenvalue weighted by molar-refractivity contribution is 0.0634. The van der Waals surface area contributed by atoms with Crippen molar-refractivity contribution in [2.24, 2.45) is 11.3 Å². The van der Waals surface area contributed by atoms with Crippen LogP contribution in [0.15, 0.2) is 0 Å². The zero-order chi connectivity index (χ0) is 11.6. The highest BCUT2D eigenvalue weighted by molar-refractivity contribution is 4.88. The van der Waals surface area contributed by atoms with Crippen LogP contribution >= 0.6 is 0 Å². The van der Waals surface area contributed by atoms with Gasteiger partial charge >= 0.3 is 0 Å². The molecule has 2 atom stereocenters. The van der Waals surface area contributed by atoms with Gasteiger partial charge in [0, 0.05) is 25.3 Å². The Morgan fingerprint density at radius 1 is 1.12 bits per heavy atom. The van der Waals surface area contributed by atoms with Crippen LogP contribution in [0.25, 0.3) is 0 Å². The molecule has 0 aromatic rings. The van der Waals surface area contributed by atoms with Gasteiger partial charge in [-0.15, -0.1) is 0 Å². The molecule has 2 rings (SSSR count). The fourth-order valence-corrected chi connectivity index (χ4v) is 3.36. The normalized spacial score (nSPS) is 36.2. The van der Waals surface area contributed by atoms with Crippen LogP contribution in [-0.2, 0) is 4.74 Å². The summed E-state index contributed by atoms with van der Waals surface area (Å²) >= 11 is 0. The second kappa shape index (κ2) is 5.05. The minimum Gasteiger partial charge on any atom is -0.381 e. The Morgan fingerprint density at radius 2 is 1.81 bits per heavy atom. The maximum absolute atomic E-state index is 5.41. The van der Waals surface area contributed by atoms with Gasteiger partial charge in [-0.05, 0) is 43.4 Å². The lowest BCUT2D eigenvalue weighted by Crippen LogP contribution is -2.47. The Kier molecular flexibility index (Phi) is 3.91. The Balaban J connectivity index is 1.81. The topological polar surface area (TPSA) is 21.3 Å². The van der Waals surface area contributed by atoms with Crippen LogP contribution in [0.2, 0.25) is 0 Å². The number of ether oxygens (including phenoxy) is 1. The first-order valence-electron chi connectivity index (χ1n) is 6.91. The molecule has 0 spiro atoms. The first-order chi connectivity index (χ1) is 7.57. The van der Waals surface area contributed by atoms with E-state index in [-0.39, 0.29) is 0 Å². The molecule has 1 N–H and O–H groups in total. The molecule has 0 radical (unpaired) electrons. The maximum atomic E-state index is 5.41. The SMILES string of the molecule is CC1CC(C)(C)CCC1NC1CCOCC1. The predicted octanol–water partition coefficient (Wildman–Crippen LogP) is 2.97. The monoisotopic (exact) mass is 225 g/mol. The largest absolute Gasteiger partial charge is 0.381 e. The van der Waals surface area contributed by atoms with E-state index >= 15 is 0 Å². The highest BCUT2D eigenvalue weighted by Crippen LogP contribution is 2.38. The molecule has 2 nitrogen and oxygen atoms in total. The molecule has 2 heteroatoms. The van der Waals surface area contributed by atoms with Crippen LogP contribution in [0.4, 0.5) is 0 Å². The molecular formula is C14H27NO. The van der Waals surface area contributed by atoms with Gasteiger partial charge in [0.15, 0.2) is 0 Å². The summed E-state index contributed by atoms with van der Waals surface area (Å²) in [5.41, 5.74) is 0.563. The van der Waals surface area contributed by atoms with Crippen molar-refractivity contribution in [2.45, 2.75) is 65.0 Å². The molecule has 0 amide bonds. The van der Waals surface area contributed by atoms with E-state index in [0.29, 0.717) is 11.5 Å². The molecule has 1 heterocycles. The minimum atomic E-state index is 0.563. The van der Waals surface area contributed by atoms with Crippen LogP contribution in [0.5, 0.6) is 0 Å². The van der Waals surface area contributed by atoms with Crippen molar-refractivity contribution >= 4 is 0 Å². The average Bonchev–Trinajstić information content (AvgIpc) is 2.23. The van der Waals surface area contributed by atoms with Crippen LogP contribution < -0.4 is 5.32 Å². The van der Waals surface area contributed by atoms with Crippen molar-refractivity contribution < 1.29 is 4.74 Å². The summed E-state index contributed by atoms with van der Waals surface area (Å²) in [5, 5.41) is 3.87. The molecule has 94 valence electrons. The van der Waals surface area contributed by atoms with Gasteiger partial charge in [-0.3, -0.25) is 0 Å². The van der Waals surface area contributed by atoms with Gasteiger partial charge in [-0.25, -0.2) is 0 Å². The van der Waals surface area contributed by atoms with Crippen molar-refractivity contribution in [2.75, 3.05) is 13.2 Å². The summed E-state index contributed by atoms with van der Waals surface area (Å²) < 4.78 is 5.41. The van der Waals surface area contributed by atoms with E-state index < -0.39 is 0 Å². The van der Waals surface area contributed by atoms with Gasteiger partial charge in [-0.2, -0.15) is 0 Å². The standard InChI is InChI=1S/C14H27NO/c1-11-10-14(2,3)7-4-13(11)15-12-5-8-16-9-6-12/h11-13,15H,4-10H2,1-3H3. The summed E-state index contributed by atoms with van der Waals surface area (Å²) in [6.07, 6.45) is 6.50. The molecule has 1 saturated heterocycles. The van der Waals surface area contributed by atoms with Crippen molar-refractivity contribution in [1.82, 2.24) is 5.32 Å². The summed E-state index contributed by atoms with van der Waals surface area (Å²) in [5.74, 6) is 0.826. The first kappa shape index (κ1) is 12.4. The maximum Gasteiger partial charge on any atom is 0.0480 e. The molecule has 16 heavy (non-hydrogen) atoms. The van der Waals surface area contributed by atoms with E-state index in [4.69, 9.17) is 4.74 Å². The van der Waals surface area contributed by atoms with Gasteiger partial charge in [-0.1, -0.05) is 20.8 Å². The Hall–Kier alpha value is -0.0800. The van der Waals surface area contributed by atoms with Crippen LogP contribution in [0, 0.1) is 11.3 Å². The number of hydrogen-bond donors (Lipinski definition) is 1. The average molecular weight is 225 g/mol. The zero-order valence-corrected chi connectivity index (χ0v) is 11.1. The Labute approximate surface area is 100 Å². The second-order valence-electron chi connectivity index (χ2n) is 6.54. The van der Waals surface area contributed by atoms with Crippen molar-refractivity contribution in [1.29, 1.82) is 0 Å². The third-order valence-corrected chi connectivity index (χ3v) is 4.36. The van der Waals surface area contributed by atoms with Crippen molar-refractivity contribution in [3.8, 4) is 0 Å². The van der Waals surface area contributed by atoms with E-state index in [9.17, 15) is 0 Å². The second-order valence-corrected chi connectivity index (χ2v) is 6.54. The summed E-state index contributed by atoms with van der Waals surface area (Å²) in [6, 6.07) is 1.46. The Morgan fingerprint density at radius 3 is 2.44 bits per heavy atom. The molecule has 2 aliphatic rings. The Bertz CT molecular complexity index is 221. The number of hydrogen-bond acceptors (Lipinski definition) is 2. The molecule has 1 aliphatic carbocycles. The fraction of sp³-hybridized carbons (Fsp3) is 1.00. The summed E-state index contributed by atoms with van der Waals surface area (Å²) in [4.78, 5) is 0. The highest BCUT2D eigenvalue weighted by atomic mass is 16.5. The van der Waals surface area contributed by atoms with Gasteiger partial charge in [0.2, 0.25) is 0 Å². The molecule has 0 aromatic heterocycles. The van der Waals surface area contributed by atoms with Crippen LogP contribution in [-0.4, -0.2) is 25.3 Å². The van der Waals surface area contributed by atoms with Gasteiger partial charge < -0.3 is 10.1 Å². The molecule has 2 fully saturated rings. The van der Waals surface area contributed by atoms with E-state index in [2.05, 4.69) is 26.1 Å². The molecule has 2 unspecified atom stereocenters. The molecule has 0 aromatic carbocycles. The van der Waals surface area contributed by atoms with Crippen molar-refractivity contribution in [3.05, 3.63) is 0 Å². The van der Waals surface area contributed by atoms with E-state index in [1.54, 1.807) is 0 Å². The van der Waals surface area contributed by atoms with Gasteiger partial charge in [0.25, 0.3) is 0 Å². The molecule has 0 bridgehead atoms. The molecule has 1 aliphatic heterocycles. The molecule has 1 saturated carbocycles. The fourth-order valence-electron chi connectivity index (χ4n) is 3.36. The van der Waals surface area contributed by atoms with Gasteiger partial charge in [0.1, 0.15) is 0 Å².